The molecule has 0 amide bonds. The number of aromatic carboxylic acids is 1. The highest BCUT2D eigenvalue weighted by Crippen LogP contribution is 2.16. The molecule has 0 radical (unpaired) electrons. The number of furan rings is 1. The first kappa shape index (κ1) is 14.6. The molecule has 2 rings (SSSR count). The van der Waals surface area contributed by atoms with Gasteiger partial charge in [-0.2, -0.15) is 0 Å². The van der Waals surface area contributed by atoms with Crippen molar-refractivity contribution in [3.05, 3.63) is 58.5 Å². The SMILES string of the molecule is CC(Cc1ccccc1Cl)NCc1ccc(C(=O)O)o1. The molecule has 1 aromatic heterocycles. The second-order valence-electron chi connectivity index (χ2n) is 4.65. The third-order valence-electron chi connectivity index (χ3n) is 2.98. The second-order valence-corrected chi connectivity index (χ2v) is 5.06. The molecule has 1 heterocycles. The fourth-order valence-electron chi connectivity index (χ4n) is 1.93. The van der Waals surface area contributed by atoms with Crippen molar-refractivity contribution in [1.82, 2.24) is 5.32 Å². The maximum Gasteiger partial charge on any atom is 0.371 e. The topological polar surface area (TPSA) is 62.5 Å². The van der Waals surface area contributed by atoms with Crippen LogP contribution in [0.4, 0.5) is 0 Å². The van der Waals surface area contributed by atoms with Gasteiger partial charge in [-0.3, -0.25) is 0 Å². The Bertz CT molecular complexity index is 594. The van der Waals surface area contributed by atoms with Gasteiger partial charge >= 0.3 is 5.97 Å². The Labute approximate surface area is 122 Å². The summed E-state index contributed by atoms with van der Waals surface area (Å²) in [6.45, 7) is 2.53. The number of carboxylic acid groups (broad SMARTS) is 1. The lowest BCUT2D eigenvalue weighted by molar-refractivity contribution is 0.0660. The predicted molar refractivity (Wildman–Crippen MR) is 77.1 cm³/mol. The van der Waals surface area contributed by atoms with Gasteiger partial charge in [0.15, 0.2) is 0 Å². The summed E-state index contributed by atoms with van der Waals surface area (Å²) in [7, 11) is 0. The molecule has 0 saturated heterocycles. The van der Waals surface area contributed by atoms with Gasteiger partial charge in [-0.15, -0.1) is 0 Å². The highest BCUT2D eigenvalue weighted by Gasteiger charge is 2.10. The van der Waals surface area contributed by atoms with Crippen molar-refractivity contribution < 1.29 is 14.3 Å². The van der Waals surface area contributed by atoms with Crippen LogP contribution in [0.3, 0.4) is 0 Å². The Morgan fingerprint density at radius 2 is 2.10 bits per heavy atom. The maximum absolute atomic E-state index is 10.7. The average molecular weight is 294 g/mol. The van der Waals surface area contributed by atoms with Crippen LogP contribution in [0.2, 0.25) is 5.02 Å². The van der Waals surface area contributed by atoms with Crippen molar-refractivity contribution in [2.45, 2.75) is 25.9 Å². The van der Waals surface area contributed by atoms with Crippen LogP contribution in [0.5, 0.6) is 0 Å². The van der Waals surface area contributed by atoms with Gasteiger partial charge in [-0.1, -0.05) is 29.8 Å². The summed E-state index contributed by atoms with van der Waals surface area (Å²) in [6, 6.07) is 11.1. The molecule has 5 heteroatoms. The first-order chi connectivity index (χ1) is 9.56. The third kappa shape index (κ3) is 3.85. The first-order valence-corrected chi connectivity index (χ1v) is 6.73. The number of benzene rings is 1. The van der Waals surface area contributed by atoms with Gasteiger partial charge in [0.2, 0.25) is 5.76 Å². The molecule has 0 aliphatic carbocycles. The smallest absolute Gasteiger partial charge is 0.371 e. The number of carboxylic acids is 1. The van der Waals surface area contributed by atoms with Crippen LogP contribution in [-0.4, -0.2) is 17.1 Å². The molecule has 0 spiro atoms. The zero-order valence-corrected chi connectivity index (χ0v) is 11.9. The minimum Gasteiger partial charge on any atom is -0.475 e. The van der Waals surface area contributed by atoms with E-state index in [0.717, 1.165) is 17.0 Å². The van der Waals surface area contributed by atoms with Crippen LogP contribution in [0.25, 0.3) is 0 Å². The molecule has 20 heavy (non-hydrogen) atoms. The lowest BCUT2D eigenvalue weighted by atomic mass is 10.1. The van der Waals surface area contributed by atoms with Crippen molar-refractivity contribution >= 4 is 17.6 Å². The molecule has 1 atom stereocenters. The quantitative estimate of drug-likeness (QED) is 0.857. The van der Waals surface area contributed by atoms with E-state index in [2.05, 4.69) is 5.32 Å². The molecular weight excluding hydrogens is 278 g/mol. The van der Waals surface area contributed by atoms with Crippen LogP contribution in [-0.2, 0) is 13.0 Å². The van der Waals surface area contributed by atoms with E-state index in [1.165, 1.54) is 6.07 Å². The molecule has 1 aromatic carbocycles. The van der Waals surface area contributed by atoms with Gasteiger partial charge in [0, 0.05) is 11.1 Å². The Morgan fingerprint density at radius 3 is 2.75 bits per heavy atom. The predicted octanol–water partition coefficient (Wildman–Crippen LogP) is 3.35. The van der Waals surface area contributed by atoms with Crippen molar-refractivity contribution in [3.63, 3.8) is 0 Å². The largest absolute Gasteiger partial charge is 0.475 e. The molecule has 106 valence electrons. The Hall–Kier alpha value is -1.78. The van der Waals surface area contributed by atoms with E-state index in [4.69, 9.17) is 21.1 Å². The molecule has 0 fully saturated rings. The summed E-state index contributed by atoms with van der Waals surface area (Å²) in [4.78, 5) is 10.7. The molecule has 0 bridgehead atoms. The van der Waals surface area contributed by atoms with Gasteiger partial charge < -0.3 is 14.8 Å². The molecule has 0 saturated carbocycles. The first-order valence-electron chi connectivity index (χ1n) is 6.35. The average Bonchev–Trinajstić information content (AvgIpc) is 2.88. The Balaban J connectivity index is 1.87. The molecule has 0 aliphatic heterocycles. The molecule has 0 aliphatic rings. The van der Waals surface area contributed by atoms with Crippen molar-refractivity contribution in [2.75, 3.05) is 0 Å². The zero-order valence-electron chi connectivity index (χ0n) is 11.1. The normalized spacial score (nSPS) is 12.3. The van der Waals surface area contributed by atoms with E-state index < -0.39 is 5.97 Å². The van der Waals surface area contributed by atoms with Crippen LogP contribution in [0.15, 0.2) is 40.8 Å². The van der Waals surface area contributed by atoms with Gasteiger partial charge in [0.1, 0.15) is 5.76 Å². The van der Waals surface area contributed by atoms with Crippen molar-refractivity contribution in [1.29, 1.82) is 0 Å². The van der Waals surface area contributed by atoms with Crippen LogP contribution >= 0.6 is 11.6 Å². The maximum atomic E-state index is 10.7. The van der Waals surface area contributed by atoms with E-state index in [1.807, 2.05) is 31.2 Å². The van der Waals surface area contributed by atoms with E-state index in [0.29, 0.717) is 12.3 Å². The van der Waals surface area contributed by atoms with E-state index in [1.54, 1.807) is 6.07 Å². The van der Waals surface area contributed by atoms with Crippen LogP contribution in [0, 0.1) is 0 Å². The van der Waals surface area contributed by atoms with Crippen LogP contribution < -0.4 is 5.32 Å². The summed E-state index contributed by atoms with van der Waals surface area (Å²) in [5.74, 6) is -0.491. The fourth-order valence-corrected chi connectivity index (χ4v) is 2.14. The van der Waals surface area contributed by atoms with Crippen molar-refractivity contribution in [3.8, 4) is 0 Å². The van der Waals surface area contributed by atoms with Gasteiger partial charge in [0.25, 0.3) is 0 Å². The Morgan fingerprint density at radius 1 is 1.35 bits per heavy atom. The number of halogens is 1. The van der Waals surface area contributed by atoms with E-state index >= 15 is 0 Å². The van der Waals surface area contributed by atoms with Crippen molar-refractivity contribution in [2.24, 2.45) is 0 Å². The third-order valence-corrected chi connectivity index (χ3v) is 3.35. The number of nitrogens with one attached hydrogen (secondary N) is 1. The van der Waals surface area contributed by atoms with Gasteiger partial charge in [0.05, 0.1) is 6.54 Å². The standard InChI is InChI=1S/C15H16ClNO3/c1-10(8-11-4-2-3-5-13(11)16)17-9-12-6-7-14(20-12)15(18)19/h2-7,10,17H,8-9H2,1H3,(H,18,19). The molecule has 1 unspecified atom stereocenters. The number of hydrogen-bond donors (Lipinski definition) is 2. The summed E-state index contributed by atoms with van der Waals surface area (Å²) in [5, 5.41) is 12.8. The molecule has 2 aromatic rings. The minimum atomic E-state index is -1.06. The van der Waals surface area contributed by atoms with Gasteiger partial charge in [-0.05, 0) is 37.1 Å². The zero-order chi connectivity index (χ0) is 14.5. The Kier molecular flexibility index (Phi) is 4.82. The minimum absolute atomic E-state index is 0.0412. The number of hydrogen-bond acceptors (Lipinski definition) is 3. The van der Waals surface area contributed by atoms with Gasteiger partial charge in [-0.25, -0.2) is 4.79 Å². The molecule has 4 nitrogen and oxygen atoms in total. The summed E-state index contributed by atoms with van der Waals surface area (Å²) >= 11 is 6.11. The second kappa shape index (κ2) is 6.59. The highest BCUT2D eigenvalue weighted by atomic mass is 35.5. The number of rotatable bonds is 6. The van der Waals surface area contributed by atoms with E-state index in [-0.39, 0.29) is 11.8 Å². The summed E-state index contributed by atoms with van der Waals surface area (Å²) in [5.41, 5.74) is 1.08. The van der Waals surface area contributed by atoms with E-state index in [9.17, 15) is 4.79 Å². The summed E-state index contributed by atoms with van der Waals surface area (Å²) in [6.07, 6.45) is 0.798. The molecule has 2 N–H and O–H groups in total. The lowest BCUT2D eigenvalue weighted by Crippen LogP contribution is -2.27. The fraction of sp³-hybridized carbons (Fsp3) is 0.267. The van der Waals surface area contributed by atoms with Crippen LogP contribution in [0.1, 0.15) is 28.8 Å². The summed E-state index contributed by atoms with van der Waals surface area (Å²) < 4.78 is 5.18. The lowest BCUT2D eigenvalue weighted by Gasteiger charge is -2.13. The number of carbonyl (C=O) groups is 1. The molecular formula is C15H16ClNO3. The monoisotopic (exact) mass is 293 g/mol. The highest BCUT2D eigenvalue weighted by molar-refractivity contribution is 6.31.